The van der Waals surface area contributed by atoms with E-state index in [1.165, 1.54) is 18.2 Å². The molecule has 2 N–H and O–H groups in total. The minimum Gasteiger partial charge on any atom is -0.494 e. The molecule has 0 aliphatic rings. The number of rotatable bonds is 6. The number of aryl methyl sites for hydroxylation is 1. The van der Waals surface area contributed by atoms with Crippen LogP contribution < -0.4 is 15.4 Å². The first-order valence-electron chi connectivity index (χ1n) is 7.77. The maximum absolute atomic E-state index is 12.9. The van der Waals surface area contributed by atoms with Gasteiger partial charge in [0.1, 0.15) is 5.75 Å². The van der Waals surface area contributed by atoms with Crippen LogP contribution in [0.2, 0.25) is 0 Å². The fraction of sp³-hybridized carbons (Fsp3) is 0.278. The van der Waals surface area contributed by atoms with Gasteiger partial charge in [0.25, 0.3) is 0 Å². The number of benzene rings is 2. The molecule has 0 atom stereocenters. The predicted octanol–water partition coefficient (Wildman–Crippen LogP) is 4.60. The van der Waals surface area contributed by atoms with Crippen LogP contribution in [0.15, 0.2) is 48.5 Å². The van der Waals surface area contributed by atoms with E-state index in [4.69, 9.17) is 4.74 Å². The fourth-order valence-electron chi connectivity index (χ4n) is 2.18. The zero-order chi connectivity index (χ0) is 18.3. The molecular formula is C18H19F3N2O2. The molecule has 25 heavy (non-hydrogen) atoms. The molecule has 0 saturated carbocycles. The summed E-state index contributed by atoms with van der Waals surface area (Å²) < 4.78 is 44.1. The van der Waals surface area contributed by atoms with Crippen molar-refractivity contribution in [3.63, 3.8) is 0 Å². The zero-order valence-corrected chi connectivity index (χ0v) is 13.7. The lowest BCUT2D eigenvalue weighted by molar-refractivity contribution is -0.136. The van der Waals surface area contributed by atoms with E-state index in [1.807, 2.05) is 31.2 Å². The summed E-state index contributed by atoms with van der Waals surface area (Å²) in [6, 6.07) is 11.7. The summed E-state index contributed by atoms with van der Waals surface area (Å²) in [7, 11) is 0. The first kappa shape index (κ1) is 18.6. The molecular weight excluding hydrogens is 333 g/mol. The molecule has 0 aliphatic heterocycles. The topological polar surface area (TPSA) is 50.4 Å². The Labute approximate surface area is 144 Å². The molecule has 0 aliphatic carbocycles. The van der Waals surface area contributed by atoms with Gasteiger partial charge < -0.3 is 15.4 Å². The highest BCUT2D eigenvalue weighted by atomic mass is 19.4. The SMILES string of the molecule is Cc1cccc(OCCCNC(=O)Nc2ccccc2C(F)(F)F)c1. The number of halogens is 3. The monoisotopic (exact) mass is 352 g/mol. The highest BCUT2D eigenvalue weighted by molar-refractivity contribution is 5.90. The molecule has 0 radical (unpaired) electrons. The maximum atomic E-state index is 12.9. The molecule has 134 valence electrons. The second-order valence-corrected chi connectivity index (χ2v) is 5.44. The average molecular weight is 352 g/mol. The second-order valence-electron chi connectivity index (χ2n) is 5.44. The van der Waals surface area contributed by atoms with Crippen LogP contribution in [0.3, 0.4) is 0 Å². The molecule has 7 heteroatoms. The van der Waals surface area contributed by atoms with E-state index in [-0.39, 0.29) is 12.2 Å². The largest absolute Gasteiger partial charge is 0.494 e. The van der Waals surface area contributed by atoms with Gasteiger partial charge in [-0.2, -0.15) is 13.2 Å². The highest BCUT2D eigenvalue weighted by Gasteiger charge is 2.33. The number of carbonyl (C=O) groups is 1. The number of alkyl halides is 3. The normalized spacial score (nSPS) is 11.0. The third kappa shape index (κ3) is 6.02. The Morgan fingerprint density at radius 2 is 1.88 bits per heavy atom. The van der Waals surface area contributed by atoms with E-state index in [2.05, 4.69) is 10.6 Å². The van der Waals surface area contributed by atoms with Crippen LogP contribution >= 0.6 is 0 Å². The number of ether oxygens (including phenoxy) is 1. The van der Waals surface area contributed by atoms with Crippen LogP contribution in [-0.2, 0) is 6.18 Å². The fourth-order valence-corrected chi connectivity index (χ4v) is 2.18. The van der Waals surface area contributed by atoms with E-state index in [9.17, 15) is 18.0 Å². The molecule has 2 aromatic carbocycles. The van der Waals surface area contributed by atoms with Crippen molar-refractivity contribution in [1.29, 1.82) is 0 Å². The van der Waals surface area contributed by atoms with Crippen LogP contribution in [0.1, 0.15) is 17.5 Å². The number of urea groups is 1. The molecule has 2 amide bonds. The van der Waals surface area contributed by atoms with Crippen molar-refractivity contribution in [2.24, 2.45) is 0 Å². The number of nitrogens with one attached hydrogen (secondary N) is 2. The lowest BCUT2D eigenvalue weighted by Gasteiger charge is -2.14. The Morgan fingerprint density at radius 3 is 2.60 bits per heavy atom. The number of amides is 2. The number of hydrogen-bond acceptors (Lipinski definition) is 2. The number of carbonyl (C=O) groups excluding carboxylic acids is 1. The second kappa shape index (κ2) is 8.41. The minimum absolute atomic E-state index is 0.275. The van der Waals surface area contributed by atoms with Crippen molar-refractivity contribution in [2.45, 2.75) is 19.5 Å². The van der Waals surface area contributed by atoms with Gasteiger partial charge in [-0.05, 0) is 43.2 Å². The zero-order valence-electron chi connectivity index (χ0n) is 13.7. The first-order valence-corrected chi connectivity index (χ1v) is 7.77. The van der Waals surface area contributed by atoms with E-state index >= 15 is 0 Å². The highest BCUT2D eigenvalue weighted by Crippen LogP contribution is 2.34. The third-order valence-electron chi connectivity index (χ3n) is 3.35. The van der Waals surface area contributed by atoms with E-state index in [1.54, 1.807) is 0 Å². The lowest BCUT2D eigenvalue weighted by Crippen LogP contribution is -2.31. The molecule has 2 rings (SSSR count). The van der Waals surface area contributed by atoms with Crippen LogP contribution in [0.5, 0.6) is 5.75 Å². The van der Waals surface area contributed by atoms with Crippen LogP contribution in [0, 0.1) is 6.92 Å². The van der Waals surface area contributed by atoms with Gasteiger partial charge in [0.15, 0.2) is 0 Å². The summed E-state index contributed by atoms with van der Waals surface area (Å²) in [6.07, 6.45) is -3.99. The van der Waals surface area contributed by atoms with Crippen molar-refractivity contribution >= 4 is 11.7 Å². The van der Waals surface area contributed by atoms with Gasteiger partial charge in [0, 0.05) is 6.54 Å². The van der Waals surface area contributed by atoms with Crippen molar-refractivity contribution in [2.75, 3.05) is 18.5 Å². The van der Waals surface area contributed by atoms with Gasteiger partial charge in [0.2, 0.25) is 0 Å². The van der Waals surface area contributed by atoms with Crippen molar-refractivity contribution in [3.8, 4) is 5.75 Å². The Bertz CT molecular complexity index is 717. The lowest BCUT2D eigenvalue weighted by atomic mass is 10.1. The summed E-state index contributed by atoms with van der Waals surface area (Å²) in [5.41, 5.74) is -0.0743. The van der Waals surface area contributed by atoms with Gasteiger partial charge in [-0.3, -0.25) is 0 Å². The van der Waals surface area contributed by atoms with Gasteiger partial charge in [0.05, 0.1) is 17.9 Å². The summed E-state index contributed by atoms with van der Waals surface area (Å²) in [4.78, 5) is 11.7. The van der Waals surface area contributed by atoms with Gasteiger partial charge in [-0.1, -0.05) is 24.3 Å². The third-order valence-corrected chi connectivity index (χ3v) is 3.35. The quantitative estimate of drug-likeness (QED) is 0.746. The molecule has 0 heterocycles. The molecule has 0 unspecified atom stereocenters. The smallest absolute Gasteiger partial charge is 0.418 e. The molecule has 0 spiro atoms. The Morgan fingerprint density at radius 1 is 1.12 bits per heavy atom. The van der Waals surface area contributed by atoms with Gasteiger partial charge in [-0.25, -0.2) is 4.79 Å². The molecule has 0 aromatic heterocycles. The Balaban J connectivity index is 1.75. The van der Waals surface area contributed by atoms with Crippen LogP contribution in [-0.4, -0.2) is 19.2 Å². The molecule has 2 aromatic rings. The van der Waals surface area contributed by atoms with Crippen LogP contribution in [0.4, 0.5) is 23.7 Å². The van der Waals surface area contributed by atoms with Crippen LogP contribution in [0.25, 0.3) is 0 Å². The van der Waals surface area contributed by atoms with Gasteiger partial charge >= 0.3 is 12.2 Å². The van der Waals surface area contributed by atoms with Crippen molar-refractivity contribution < 1.29 is 22.7 Å². The Hall–Kier alpha value is -2.70. The van der Waals surface area contributed by atoms with Gasteiger partial charge in [-0.15, -0.1) is 0 Å². The maximum Gasteiger partial charge on any atom is 0.418 e. The number of para-hydroxylation sites is 1. The summed E-state index contributed by atoms with van der Waals surface area (Å²) in [6.45, 7) is 2.63. The number of anilines is 1. The van der Waals surface area contributed by atoms with E-state index in [0.29, 0.717) is 13.0 Å². The molecule has 0 saturated heterocycles. The van der Waals surface area contributed by atoms with Crippen molar-refractivity contribution in [1.82, 2.24) is 5.32 Å². The van der Waals surface area contributed by atoms with Crippen molar-refractivity contribution in [3.05, 3.63) is 59.7 Å². The average Bonchev–Trinajstić information content (AvgIpc) is 2.54. The number of hydrogen-bond donors (Lipinski definition) is 2. The van der Waals surface area contributed by atoms with E-state index in [0.717, 1.165) is 17.4 Å². The first-order chi connectivity index (χ1) is 11.9. The minimum atomic E-state index is -4.52. The Kier molecular flexibility index (Phi) is 6.27. The molecule has 0 bridgehead atoms. The summed E-state index contributed by atoms with van der Waals surface area (Å²) in [5.74, 6) is 0.739. The predicted molar refractivity (Wildman–Crippen MR) is 89.8 cm³/mol. The van der Waals surface area contributed by atoms with E-state index < -0.39 is 17.8 Å². The summed E-state index contributed by atoms with van der Waals surface area (Å²) >= 11 is 0. The summed E-state index contributed by atoms with van der Waals surface area (Å²) in [5, 5.41) is 4.73. The molecule has 0 fully saturated rings. The standard InChI is InChI=1S/C18H19F3N2O2/c1-13-6-4-7-14(12-13)25-11-5-10-22-17(24)23-16-9-3-2-8-15(16)18(19,20)21/h2-4,6-9,12H,5,10-11H2,1H3,(H2,22,23,24). The molecule has 4 nitrogen and oxygen atoms in total.